The molecule has 1 amide bonds. The number of rotatable bonds is 5. The van der Waals surface area contributed by atoms with Gasteiger partial charge < -0.3 is 14.4 Å². The van der Waals surface area contributed by atoms with Gasteiger partial charge in [-0.1, -0.05) is 12.0 Å². The summed E-state index contributed by atoms with van der Waals surface area (Å²) in [7, 11) is 0. The largest absolute Gasteiger partial charge is 0.480 e. The number of amides is 1. The molecule has 0 saturated carbocycles. The number of imidazole rings is 1. The van der Waals surface area contributed by atoms with Crippen LogP contribution in [0.1, 0.15) is 5.69 Å². The number of hydrogen-bond donors (Lipinski definition) is 1. The monoisotopic (exact) mass is 271 g/mol. The lowest BCUT2D eigenvalue weighted by Crippen LogP contribution is -2.37. The number of fused-ring (bicyclic) bond motifs is 1. The number of terminal acetylenes is 1. The minimum absolute atomic E-state index is 0.0244. The zero-order chi connectivity index (χ0) is 14.5. The van der Waals surface area contributed by atoms with Crippen molar-refractivity contribution in [3.63, 3.8) is 0 Å². The van der Waals surface area contributed by atoms with E-state index in [1.54, 1.807) is 10.6 Å². The third-order valence-electron chi connectivity index (χ3n) is 2.71. The minimum atomic E-state index is -1.09. The SMILES string of the molecule is C#CCN(CC(=O)O)C(=O)Cc1cn2ccccc2n1. The Morgan fingerprint density at radius 2 is 2.25 bits per heavy atom. The van der Waals surface area contributed by atoms with Crippen molar-refractivity contribution in [2.24, 2.45) is 0 Å². The highest BCUT2D eigenvalue weighted by Crippen LogP contribution is 2.06. The quantitative estimate of drug-likeness (QED) is 0.800. The van der Waals surface area contributed by atoms with Crippen molar-refractivity contribution in [2.45, 2.75) is 6.42 Å². The second-order valence-electron chi connectivity index (χ2n) is 4.22. The molecule has 0 spiro atoms. The Labute approximate surface area is 115 Å². The van der Waals surface area contributed by atoms with Crippen molar-refractivity contribution in [1.82, 2.24) is 14.3 Å². The molecule has 2 aromatic heterocycles. The van der Waals surface area contributed by atoms with E-state index in [0.717, 1.165) is 10.5 Å². The van der Waals surface area contributed by atoms with Crippen LogP contribution in [-0.2, 0) is 16.0 Å². The summed E-state index contributed by atoms with van der Waals surface area (Å²) in [5.74, 6) is 0.836. The first kappa shape index (κ1) is 13.6. The van der Waals surface area contributed by atoms with E-state index in [-0.39, 0.29) is 18.9 Å². The van der Waals surface area contributed by atoms with Crippen molar-refractivity contribution in [3.8, 4) is 12.3 Å². The molecule has 2 aromatic rings. The molecule has 6 heteroatoms. The number of carboxylic acid groups (broad SMARTS) is 1. The summed E-state index contributed by atoms with van der Waals surface area (Å²) in [6.07, 6.45) is 8.73. The van der Waals surface area contributed by atoms with E-state index in [2.05, 4.69) is 10.9 Å². The summed E-state index contributed by atoms with van der Waals surface area (Å²) in [5.41, 5.74) is 1.31. The molecule has 0 bridgehead atoms. The Bertz CT molecular complexity index is 651. The van der Waals surface area contributed by atoms with E-state index in [1.165, 1.54) is 0 Å². The number of carbonyl (C=O) groups is 2. The average Bonchev–Trinajstić information content (AvgIpc) is 2.79. The van der Waals surface area contributed by atoms with Gasteiger partial charge in [-0.3, -0.25) is 9.59 Å². The van der Waals surface area contributed by atoms with E-state index in [4.69, 9.17) is 11.5 Å². The molecule has 6 nitrogen and oxygen atoms in total. The number of nitrogens with zero attached hydrogens (tertiary/aromatic N) is 3. The van der Waals surface area contributed by atoms with Crippen molar-refractivity contribution >= 4 is 17.5 Å². The van der Waals surface area contributed by atoms with Gasteiger partial charge in [0.15, 0.2) is 0 Å². The van der Waals surface area contributed by atoms with Crippen LogP contribution in [0, 0.1) is 12.3 Å². The van der Waals surface area contributed by atoms with Crippen LogP contribution in [0.3, 0.4) is 0 Å². The van der Waals surface area contributed by atoms with Crippen LogP contribution in [0.4, 0.5) is 0 Å². The first-order valence-electron chi connectivity index (χ1n) is 5.96. The molecule has 0 aromatic carbocycles. The smallest absolute Gasteiger partial charge is 0.323 e. The van der Waals surface area contributed by atoms with Gasteiger partial charge in [0.05, 0.1) is 18.7 Å². The molecule has 0 aliphatic rings. The molecule has 2 heterocycles. The number of aromatic nitrogens is 2. The van der Waals surface area contributed by atoms with Crippen LogP contribution in [0.25, 0.3) is 5.65 Å². The normalized spacial score (nSPS) is 10.2. The van der Waals surface area contributed by atoms with Crippen LogP contribution in [0.5, 0.6) is 0 Å². The predicted octanol–water partition coefficient (Wildman–Crippen LogP) is 0.423. The third-order valence-corrected chi connectivity index (χ3v) is 2.71. The Kier molecular flexibility index (Phi) is 4.01. The second-order valence-corrected chi connectivity index (χ2v) is 4.22. The Morgan fingerprint density at radius 1 is 1.45 bits per heavy atom. The van der Waals surface area contributed by atoms with Crippen LogP contribution in [0.2, 0.25) is 0 Å². The minimum Gasteiger partial charge on any atom is -0.480 e. The average molecular weight is 271 g/mol. The summed E-state index contributed by atoms with van der Waals surface area (Å²) in [5, 5.41) is 8.76. The zero-order valence-corrected chi connectivity index (χ0v) is 10.7. The standard InChI is InChI=1S/C14H13N3O3/c1-2-6-17(10-14(19)20)13(18)8-11-9-16-7-4-3-5-12(16)15-11/h1,3-5,7,9H,6,8,10H2,(H,19,20). The van der Waals surface area contributed by atoms with Crippen molar-refractivity contribution < 1.29 is 14.7 Å². The fraction of sp³-hybridized carbons (Fsp3) is 0.214. The van der Waals surface area contributed by atoms with Gasteiger partial charge in [0.2, 0.25) is 5.91 Å². The van der Waals surface area contributed by atoms with Gasteiger partial charge in [-0.15, -0.1) is 6.42 Å². The molecule has 0 fully saturated rings. The van der Waals surface area contributed by atoms with E-state index in [1.807, 2.05) is 24.4 Å². The fourth-order valence-electron chi connectivity index (χ4n) is 1.84. The number of carbonyl (C=O) groups excluding carboxylic acids is 1. The molecule has 0 aliphatic heterocycles. The highest BCUT2D eigenvalue weighted by atomic mass is 16.4. The molecule has 2 rings (SSSR count). The molecule has 102 valence electrons. The van der Waals surface area contributed by atoms with E-state index >= 15 is 0 Å². The fourth-order valence-corrected chi connectivity index (χ4v) is 1.84. The van der Waals surface area contributed by atoms with Gasteiger partial charge in [0, 0.05) is 12.4 Å². The first-order valence-corrected chi connectivity index (χ1v) is 5.96. The number of hydrogen-bond acceptors (Lipinski definition) is 3. The maximum absolute atomic E-state index is 12.0. The highest BCUT2D eigenvalue weighted by molar-refractivity contribution is 5.83. The Hall–Kier alpha value is -2.81. The highest BCUT2D eigenvalue weighted by Gasteiger charge is 2.17. The Morgan fingerprint density at radius 3 is 2.90 bits per heavy atom. The lowest BCUT2D eigenvalue weighted by molar-refractivity contribution is -0.143. The summed E-state index contributed by atoms with van der Waals surface area (Å²) < 4.78 is 1.80. The molecule has 0 saturated heterocycles. The topological polar surface area (TPSA) is 74.9 Å². The molecule has 1 N–H and O–H groups in total. The van der Waals surface area contributed by atoms with Crippen LogP contribution < -0.4 is 0 Å². The van der Waals surface area contributed by atoms with Gasteiger partial charge in [-0.2, -0.15) is 0 Å². The maximum atomic E-state index is 12.0. The molecule has 0 aliphatic carbocycles. The molecular weight excluding hydrogens is 258 g/mol. The molecule has 0 atom stereocenters. The van der Waals surface area contributed by atoms with E-state index < -0.39 is 12.5 Å². The number of carboxylic acids is 1. The van der Waals surface area contributed by atoms with Gasteiger partial charge in [0.1, 0.15) is 12.2 Å². The first-order chi connectivity index (χ1) is 9.60. The predicted molar refractivity (Wildman–Crippen MR) is 71.9 cm³/mol. The van der Waals surface area contributed by atoms with Gasteiger partial charge in [0.25, 0.3) is 0 Å². The van der Waals surface area contributed by atoms with Crippen LogP contribution >= 0.6 is 0 Å². The number of aliphatic carboxylic acids is 1. The van der Waals surface area contributed by atoms with E-state index in [9.17, 15) is 9.59 Å². The number of pyridine rings is 1. The molecule has 0 unspecified atom stereocenters. The van der Waals surface area contributed by atoms with Gasteiger partial charge >= 0.3 is 5.97 Å². The summed E-state index contributed by atoms with van der Waals surface area (Å²) in [6, 6.07) is 5.53. The summed E-state index contributed by atoms with van der Waals surface area (Å²) in [6.45, 7) is -0.436. The van der Waals surface area contributed by atoms with E-state index in [0.29, 0.717) is 5.69 Å². The van der Waals surface area contributed by atoms with Crippen LogP contribution in [-0.4, -0.2) is 44.4 Å². The van der Waals surface area contributed by atoms with Crippen LogP contribution in [0.15, 0.2) is 30.6 Å². The molecule has 0 radical (unpaired) electrons. The van der Waals surface area contributed by atoms with Crippen molar-refractivity contribution in [2.75, 3.05) is 13.1 Å². The lowest BCUT2D eigenvalue weighted by atomic mass is 10.3. The summed E-state index contributed by atoms with van der Waals surface area (Å²) >= 11 is 0. The lowest BCUT2D eigenvalue weighted by Gasteiger charge is -2.17. The summed E-state index contributed by atoms with van der Waals surface area (Å²) in [4.78, 5) is 28.1. The van der Waals surface area contributed by atoms with Crippen molar-refractivity contribution in [1.29, 1.82) is 0 Å². The van der Waals surface area contributed by atoms with Gasteiger partial charge in [-0.05, 0) is 12.1 Å². The van der Waals surface area contributed by atoms with Gasteiger partial charge in [-0.25, -0.2) is 4.98 Å². The second kappa shape index (κ2) is 5.89. The maximum Gasteiger partial charge on any atom is 0.323 e. The molecule has 20 heavy (non-hydrogen) atoms. The molecular formula is C14H13N3O3. The third kappa shape index (κ3) is 3.14. The Balaban J connectivity index is 2.12. The van der Waals surface area contributed by atoms with Crippen molar-refractivity contribution in [3.05, 3.63) is 36.3 Å². The zero-order valence-electron chi connectivity index (χ0n) is 10.7.